The van der Waals surface area contributed by atoms with E-state index in [1.807, 2.05) is 107 Å². The molecule has 4 nitrogen and oxygen atoms in total. The van der Waals surface area contributed by atoms with Gasteiger partial charge in [-0.25, -0.2) is 0 Å². The fourth-order valence-electron chi connectivity index (χ4n) is 4.23. The first kappa shape index (κ1) is 25.2. The number of aryl methyl sites for hydroxylation is 2. The highest BCUT2D eigenvalue weighted by Crippen LogP contribution is 2.18. The van der Waals surface area contributed by atoms with Crippen molar-refractivity contribution in [3.63, 3.8) is 0 Å². The molecule has 0 aliphatic heterocycles. The Morgan fingerprint density at radius 2 is 1.32 bits per heavy atom. The Bertz CT molecular complexity index is 1080. The van der Waals surface area contributed by atoms with E-state index in [2.05, 4.69) is 11.4 Å². The van der Waals surface area contributed by atoms with Gasteiger partial charge in [0.1, 0.15) is 6.04 Å². The summed E-state index contributed by atoms with van der Waals surface area (Å²) in [5, 5.41) is 3.11. The molecule has 3 rings (SSSR count). The van der Waals surface area contributed by atoms with Crippen LogP contribution in [0.25, 0.3) is 0 Å². The minimum absolute atomic E-state index is 0.0566. The van der Waals surface area contributed by atoms with E-state index in [1.54, 1.807) is 4.90 Å². The molecule has 178 valence electrons. The van der Waals surface area contributed by atoms with Gasteiger partial charge < -0.3 is 10.2 Å². The minimum atomic E-state index is -0.625. The molecular formula is C30H36N2O2. The third-order valence-corrected chi connectivity index (χ3v) is 5.60. The number of nitrogens with zero attached hydrogens (tertiary/aromatic N) is 1. The monoisotopic (exact) mass is 456 g/mol. The van der Waals surface area contributed by atoms with Gasteiger partial charge in [0, 0.05) is 18.5 Å². The van der Waals surface area contributed by atoms with Gasteiger partial charge in [0.2, 0.25) is 11.8 Å². The molecule has 3 aromatic rings. The van der Waals surface area contributed by atoms with Gasteiger partial charge in [0.05, 0.1) is 6.42 Å². The van der Waals surface area contributed by atoms with Gasteiger partial charge in [-0.2, -0.15) is 0 Å². The molecule has 0 saturated carbocycles. The smallest absolute Gasteiger partial charge is 0.243 e. The van der Waals surface area contributed by atoms with Crippen LogP contribution in [-0.2, 0) is 29.0 Å². The summed E-state index contributed by atoms with van der Waals surface area (Å²) in [4.78, 5) is 29.1. The number of carbonyl (C=O) groups excluding carboxylic acids is 2. The largest absolute Gasteiger partial charge is 0.350 e. The van der Waals surface area contributed by atoms with Crippen molar-refractivity contribution >= 4 is 11.8 Å². The van der Waals surface area contributed by atoms with E-state index in [9.17, 15) is 9.59 Å². The van der Waals surface area contributed by atoms with Crippen molar-refractivity contribution in [1.82, 2.24) is 10.2 Å². The molecule has 0 bridgehead atoms. The quantitative estimate of drug-likeness (QED) is 0.493. The maximum absolute atomic E-state index is 13.8. The molecule has 4 heteroatoms. The lowest BCUT2D eigenvalue weighted by Gasteiger charge is -2.34. The van der Waals surface area contributed by atoms with Crippen molar-refractivity contribution in [2.75, 3.05) is 0 Å². The van der Waals surface area contributed by atoms with Crippen molar-refractivity contribution < 1.29 is 9.59 Å². The lowest BCUT2D eigenvalue weighted by atomic mass is 9.99. The molecule has 0 aliphatic rings. The summed E-state index contributed by atoms with van der Waals surface area (Å²) >= 11 is 0. The summed E-state index contributed by atoms with van der Waals surface area (Å²) in [5.74, 6) is -0.195. The lowest BCUT2D eigenvalue weighted by Crippen LogP contribution is -2.54. The summed E-state index contributed by atoms with van der Waals surface area (Å²) in [6.07, 6.45) is 0.706. The number of hydrogen-bond donors (Lipinski definition) is 1. The van der Waals surface area contributed by atoms with E-state index in [-0.39, 0.29) is 18.2 Å². The molecule has 0 spiro atoms. The molecule has 3 aromatic carbocycles. The summed E-state index contributed by atoms with van der Waals surface area (Å²) in [6.45, 7) is 10.3. The number of amides is 2. The Morgan fingerprint density at radius 3 is 1.85 bits per heavy atom. The van der Waals surface area contributed by atoms with E-state index in [0.717, 1.165) is 27.8 Å². The van der Waals surface area contributed by atoms with Crippen molar-refractivity contribution in [3.05, 3.63) is 107 Å². The fraction of sp³-hybridized carbons (Fsp3) is 0.333. The third-order valence-electron chi connectivity index (χ3n) is 5.60. The second-order valence-corrected chi connectivity index (χ2v) is 10.1. The van der Waals surface area contributed by atoms with Gasteiger partial charge >= 0.3 is 0 Å². The summed E-state index contributed by atoms with van der Waals surface area (Å²) in [6, 6.07) is 25.4. The molecule has 0 aliphatic carbocycles. The highest BCUT2D eigenvalue weighted by Gasteiger charge is 2.32. The van der Waals surface area contributed by atoms with Crippen LogP contribution in [0.15, 0.2) is 78.9 Å². The molecule has 0 fully saturated rings. The molecule has 2 amide bonds. The first-order valence-electron chi connectivity index (χ1n) is 11.9. The van der Waals surface area contributed by atoms with Crippen LogP contribution < -0.4 is 5.32 Å². The number of hydrogen-bond acceptors (Lipinski definition) is 2. The fourth-order valence-corrected chi connectivity index (χ4v) is 4.23. The Labute approximate surface area is 204 Å². The van der Waals surface area contributed by atoms with Gasteiger partial charge in [-0.1, -0.05) is 90.0 Å². The van der Waals surface area contributed by atoms with E-state index in [4.69, 9.17) is 0 Å². The number of benzene rings is 3. The third kappa shape index (κ3) is 7.58. The van der Waals surface area contributed by atoms with Gasteiger partial charge in [0.15, 0.2) is 0 Å². The molecule has 0 saturated heterocycles. The highest BCUT2D eigenvalue weighted by atomic mass is 16.2. The number of nitrogens with one attached hydrogen (secondary N) is 1. The SMILES string of the molecule is Cc1cc(C)cc(CC(=O)N(Cc2ccccc2)[C@@H](Cc2ccccc2)C(=O)NC(C)(C)C)c1. The maximum Gasteiger partial charge on any atom is 0.243 e. The molecular weight excluding hydrogens is 420 g/mol. The van der Waals surface area contributed by atoms with Crippen LogP contribution in [0.5, 0.6) is 0 Å². The Balaban J connectivity index is 1.98. The normalized spacial score (nSPS) is 12.1. The highest BCUT2D eigenvalue weighted by molar-refractivity contribution is 5.89. The average Bonchev–Trinajstić information content (AvgIpc) is 2.75. The predicted octanol–water partition coefficient (Wildman–Crippen LogP) is 5.40. The molecule has 0 heterocycles. The lowest BCUT2D eigenvalue weighted by molar-refractivity contribution is -0.141. The summed E-state index contributed by atoms with van der Waals surface area (Å²) in [5.41, 5.74) is 4.84. The molecule has 0 unspecified atom stereocenters. The van der Waals surface area contributed by atoms with Gasteiger partial charge in [-0.05, 0) is 51.3 Å². The minimum Gasteiger partial charge on any atom is -0.350 e. The standard InChI is InChI=1S/C30H36N2O2/c1-22-16-23(2)18-26(17-22)20-28(33)32(21-25-14-10-7-11-15-25)27(29(34)31-30(3,4)5)19-24-12-8-6-9-13-24/h6-18,27H,19-21H2,1-5H3,(H,31,34)/t27-/m0/s1. The molecule has 1 N–H and O–H groups in total. The molecule has 0 aromatic heterocycles. The second kappa shape index (κ2) is 11.1. The van der Waals surface area contributed by atoms with Crippen LogP contribution >= 0.6 is 0 Å². The Hall–Kier alpha value is -3.40. The number of carbonyl (C=O) groups is 2. The first-order valence-corrected chi connectivity index (χ1v) is 11.9. The van der Waals surface area contributed by atoms with E-state index in [0.29, 0.717) is 13.0 Å². The average molecular weight is 457 g/mol. The van der Waals surface area contributed by atoms with Crippen molar-refractivity contribution in [2.45, 2.75) is 65.6 Å². The van der Waals surface area contributed by atoms with Crippen LogP contribution in [0.3, 0.4) is 0 Å². The predicted molar refractivity (Wildman–Crippen MR) is 138 cm³/mol. The summed E-state index contributed by atoms with van der Waals surface area (Å²) in [7, 11) is 0. The van der Waals surface area contributed by atoms with Crippen LogP contribution in [0.1, 0.15) is 48.6 Å². The van der Waals surface area contributed by atoms with Crippen LogP contribution in [0.4, 0.5) is 0 Å². The van der Waals surface area contributed by atoms with Crippen molar-refractivity contribution in [1.29, 1.82) is 0 Å². The van der Waals surface area contributed by atoms with E-state index >= 15 is 0 Å². The summed E-state index contributed by atoms with van der Waals surface area (Å²) < 4.78 is 0. The van der Waals surface area contributed by atoms with Gasteiger partial charge in [-0.15, -0.1) is 0 Å². The van der Waals surface area contributed by atoms with Crippen molar-refractivity contribution in [3.8, 4) is 0 Å². The van der Waals surface area contributed by atoms with E-state index in [1.165, 1.54) is 0 Å². The molecule has 0 radical (unpaired) electrons. The van der Waals surface area contributed by atoms with Crippen LogP contribution in [0, 0.1) is 13.8 Å². The maximum atomic E-state index is 13.8. The van der Waals surface area contributed by atoms with Gasteiger partial charge in [-0.3, -0.25) is 9.59 Å². The Morgan fingerprint density at radius 1 is 0.794 bits per heavy atom. The van der Waals surface area contributed by atoms with E-state index < -0.39 is 11.6 Å². The Kier molecular flexibility index (Phi) is 8.27. The second-order valence-electron chi connectivity index (χ2n) is 10.1. The number of rotatable bonds is 8. The van der Waals surface area contributed by atoms with Crippen LogP contribution in [-0.4, -0.2) is 28.3 Å². The van der Waals surface area contributed by atoms with Crippen LogP contribution in [0.2, 0.25) is 0 Å². The molecule has 34 heavy (non-hydrogen) atoms. The van der Waals surface area contributed by atoms with Crippen molar-refractivity contribution in [2.24, 2.45) is 0 Å². The zero-order valence-corrected chi connectivity index (χ0v) is 21.0. The topological polar surface area (TPSA) is 49.4 Å². The zero-order chi connectivity index (χ0) is 24.7. The first-order chi connectivity index (χ1) is 16.1. The van der Waals surface area contributed by atoms with Gasteiger partial charge in [0.25, 0.3) is 0 Å². The zero-order valence-electron chi connectivity index (χ0n) is 21.0. The molecule has 1 atom stereocenters.